The van der Waals surface area contributed by atoms with E-state index in [2.05, 4.69) is 67.4 Å². The van der Waals surface area contributed by atoms with Gasteiger partial charge in [0, 0.05) is 39.5 Å². The highest BCUT2D eigenvalue weighted by molar-refractivity contribution is 4.93. The molecule has 1 fully saturated rings. The Labute approximate surface area is 293 Å². The van der Waals surface area contributed by atoms with Crippen LogP contribution in [0.1, 0.15) is 174 Å². The van der Waals surface area contributed by atoms with E-state index >= 15 is 0 Å². The summed E-state index contributed by atoms with van der Waals surface area (Å²) in [6.07, 6.45) is 50.4. The summed E-state index contributed by atoms with van der Waals surface area (Å²) in [5.41, 5.74) is 0. The first-order valence-electron chi connectivity index (χ1n) is 20.5. The van der Waals surface area contributed by atoms with Crippen molar-refractivity contribution in [2.45, 2.75) is 187 Å². The Kier molecular flexibility index (Phi) is 33.6. The van der Waals surface area contributed by atoms with Gasteiger partial charge in [-0.15, -0.1) is 0 Å². The molecule has 2 atom stereocenters. The van der Waals surface area contributed by atoms with E-state index in [1.54, 1.807) is 0 Å². The average Bonchev–Trinajstić information content (AvgIpc) is 3.47. The number of unbranched alkanes of at least 4 members (excludes halogenated alkanes) is 18. The van der Waals surface area contributed by atoms with Crippen LogP contribution in [-0.2, 0) is 9.47 Å². The van der Waals surface area contributed by atoms with Gasteiger partial charge >= 0.3 is 0 Å². The number of rotatable bonds is 35. The minimum absolute atomic E-state index is 0.177. The zero-order valence-corrected chi connectivity index (χ0v) is 31.4. The lowest BCUT2D eigenvalue weighted by Crippen LogP contribution is -2.30. The van der Waals surface area contributed by atoms with Crippen LogP contribution in [0.15, 0.2) is 48.6 Å². The molecule has 1 heterocycles. The zero-order chi connectivity index (χ0) is 33.7. The van der Waals surface area contributed by atoms with Crippen LogP contribution >= 0.6 is 0 Å². The van der Waals surface area contributed by atoms with E-state index in [-0.39, 0.29) is 18.8 Å². The number of likely N-dealkylation sites (tertiary alicyclic amines) is 1. The molecule has 1 aliphatic rings. The van der Waals surface area contributed by atoms with Crippen LogP contribution in [0.3, 0.4) is 0 Å². The van der Waals surface area contributed by atoms with Gasteiger partial charge in [-0.25, -0.2) is 0 Å². The molecule has 47 heavy (non-hydrogen) atoms. The summed E-state index contributed by atoms with van der Waals surface area (Å²) in [5, 5.41) is 9.29. The van der Waals surface area contributed by atoms with E-state index in [0.29, 0.717) is 0 Å². The van der Waals surface area contributed by atoms with Gasteiger partial charge in [-0.2, -0.15) is 0 Å². The third kappa shape index (κ3) is 29.4. The van der Waals surface area contributed by atoms with Gasteiger partial charge in [0.2, 0.25) is 0 Å². The highest BCUT2D eigenvalue weighted by Crippen LogP contribution is 2.19. The number of hydrogen-bond donors (Lipinski definition) is 1. The van der Waals surface area contributed by atoms with Crippen LogP contribution in [0.25, 0.3) is 0 Å². The molecule has 274 valence electrons. The number of nitrogens with zero attached hydrogens (tertiary/aromatic N) is 1. The second-order valence-electron chi connectivity index (χ2n) is 13.8. The third-order valence-electron chi connectivity index (χ3n) is 9.28. The van der Waals surface area contributed by atoms with Crippen LogP contribution < -0.4 is 0 Å². The summed E-state index contributed by atoms with van der Waals surface area (Å²) in [6.45, 7) is 9.29. The lowest BCUT2D eigenvalue weighted by Gasteiger charge is -2.20. The quantitative estimate of drug-likeness (QED) is 0.0544. The smallest absolute Gasteiger partial charge is 0.0975 e. The molecule has 1 rings (SSSR count). The Bertz CT molecular complexity index is 687. The highest BCUT2D eigenvalue weighted by Gasteiger charge is 2.33. The van der Waals surface area contributed by atoms with E-state index < -0.39 is 0 Å². The topological polar surface area (TPSA) is 41.9 Å². The van der Waals surface area contributed by atoms with Gasteiger partial charge in [0.15, 0.2) is 0 Å². The Balaban J connectivity index is 2.04. The molecule has 1 saturated heterocycles. The summed E-state index contributed by atoms with van der Waals surface area (Å²) < 4.78 is 12.8. The van der Waals surface area contributed by atoms with Gasteiger partial charge in [0.1, 0.15) is 0 Å². The van der Waals surface area contributed by atoms with Gasteiger partial charge in [-0.1, -0.05) is 140 Å². The second kappa shape index (κ2) is 36.1. The molecule has 0 bridgehead atoms. The molecule has 0 aromatic rings. The van der Waals surface area contributed by atoms with Gasteiger partial charge in [0.05, 0.1) is 12.2 Å². The Hall–Kier alpha value is -1.20. The van der Waals surface area contributed by atoms with Crippen molar-refractivity contribution in [3.05, 3.63) is 48.6 Å². The molecule has 0 amide bonds. The number of ether oxygens (including phenoxy) is 2. The first-order valence-corrected chi connectivity index (χ1v) is 20.5. The molecule has 1 aliphatic heterocycles. The maximum Gasteiger partial charge on any atom is 0.0975 e. The SMILES string of the molecule is CCCCCC=CCC=CCCCCCCCCOC1CN(CCCO)CC1OCCCCCCCCC=CCC=CCCCCC. The summed E-state index contributed by atoms with van der Waals surface area (Å²) in [6, 6.07) is 0. The van der Waals surface area contributed by atoms with E-state index in [1.165, 1.54) is 128 Å². The average molecular weight is 658 g/mol. The third-order valence-corrected chi connectivity index (χ3v) is 9.28. The summed E-state index contributed by atoms with van der Waals surface area (Å²) in [7, 11) is 0. The Morgan fingerprint density at radius 2 is 0.830 bits per heavy atom. The minimum atomic E-state index is 0.177. The largest absolute Gasteiger partial charge is 0.396 e. The monoisotopic (exact) mass is 658 g/mol. The molecule has 0 aromatic heterocycles. The number of aliphatic hydroxyl groups is 1. The first kappa shape index (κ1) is 43.8. The van der Waals surface area contributed by atoms with E-state index in [0.717, 1.165) is 65.0 Å². The number of hydrogen-bond acceptors (Lipinski definition) is 4. The van der Waals surface area contributed by atoms with Crippen molar-refractivity contribution in [3.8, 4) is 0 Å². The molecule has 4 heteroatoms. The molecule has 0 radical (unpaired) electrons. The van der Waals surface area contributed by atoms with Crippen LogP contribution in [0.2, 0.25) is 0 Å². The molecule has 0 spiro atoms. The van der Waals surface area contributed by atoms with Gasteiger partial charge in [-0.05, 0) is 83.5 Å². The standard InChI is InChI=1S/C43H79NO3/c1-3-5-7-9-11-13-15-17-19-21-23-25-27-29-31-33-38-46-42-40-44(36-35-37-45)41-43(42)47-39-34-32-30-28-26-24-22-20-18-16-14-12-10-8-6-4-2/h11-14,17-20,42-43,45H,3-10,15-16,21-41H2,1-2H3. The van der Waals surface area contributed by atoms with Crippen molar-refractivity contribution in [1.29, 1.82) is 0 Å². The van der Waals surface area contributed by atoms with Crippen molar-refractivity contribution < 1.29 is 14.6 Å². The normalized spacial score (nSPS) is 17.6. The van der Waals surface area contributed by atoms with E-state index in [4.69, 9.17) is 9.47 Å². The number of aliphatic hydroxyl groups excluding tert-OH is 1. The van der Waals surface area contributed by atoms with Crippen LogP contribution in [0, 0.1) is 0 Å². The van der Waals surface area contributed by atoms with E-state index in [9.17, 15) is 5.11 Å². The van der Waals surface area contributed by atoms with Gasteiger partial charge in [0.25, 0.3) is 0 Å². The first-order chi connectivity index (χ1) is 23.3. The van der Waals surface area contributed by atoms with Crippen molar-refractivity contribution in [2.75, 3.05) is 39.5 Å². The van der Waals surface area contributed by atoms with Crippen molar-refractivity contribution >= 4 is 0 Å². The highest BCUT2D eigenvalue weighted by atomic mass is 16.5. The fourth-order valence-electron chi connectivity index (χ4n) is 6.27. The van der Waals surface area contributed by atoms with Crippen LogP contribution in [0.4, 0.5) is 0 Å². The summed E-state index contributed by atoms with van der Waals surface area (Å²) in [4.78, 5) is 2.42. The Morgan fingerprint density at radius 1 is 0.468 bits per heavy atom. The maximum atomic E-state index is 9.29. The molecule has 1 N–H and O–H groups in total. The summed E-state index contributed by atoms with van der Waals surface area (Å²) in [5.74, 6) is 0. The second-order valence-corrected chi connectivity index (χ2v) is 13.8. The van der Waals surface area contributed by atoms with Gasteiger partial charge in [-0.3, -0.25) is 4.90 Å². The molecule has 0 saturated carbocycles. The molecule has 2 unspecified atom stereocenters. The lowest BCUT2D eigenvalue weighted by molar-refractivity contribution is -0.0481. The summed E-state index contributed by atoms with van der Waals surface area (Å²) >= 11 is 0. The van der Waals surface area contributed by atoms with Gasteiger partial charge < -0.3 is 14.6 Å². The molecule has 0 aliphatic carbocycles. The van der Waals surface area contributed by atoms with Crippen LogP contribution in [-0.4, -0.2) is 61.7 Å². The maximum absolute atomic E-state index is 9.29. The fourth-order valence-corrected chi connectivity index (χ4v) is 6.27. The van der Waals surface area contributed by atoms with Crippen molar-refractivity contribution in [3.63, 3.8) is 0 Å². The van der Waals surface area contributed by atoms with Crippen molar-refractivity contribution in [2.24, 2.45) is 0 Å². The Morgan fingerprint density at radius 3 is 1.21 bits per heavy atom. The van der Waals surface area contributed by atoms with Crippen LogP contribution in [0.5, 0.6) is 0 Å². The fraction of sp³-hybridized carbons (Fsp3) is 0.814. The predicted molar refractivity (Wildman–Crippen MR) is 206 cm³/mol. The molecular weight excluding hydrogens is 578 g/mol. The zero-order valence-electron chi connectivity index (χ0n) is 31.4. The molecular formula is C43H79NO3. The van der Waals surface area contributed by atoms with E-state index in [1.807, 2.05) is 0 Å². The molecule has 4 nitrogen and oxygen atoms in total. The molecule has 0 aromatic carbocycles. The predicted octanol–water partition coefficient (Wildman–Crippen LogP) is 12.1. The van der Waals surface area contributed by atoms with Crippen molar-refractivity contribution in [1.82, 2.24) is 4.90 Å². The number of allylic oxidation sites excluding steroid dienone is 8. The lowest BCUT2D eigenvalue weighted by atomic mass is 10.1. The minimum Gasteiger partial charge on any atom is -0.396 e.